The van der Waals surface area contributed by atoms with Crippen molar-refractivity contribution in [2.75, 3.05) is 14.2 Å². The molecule has 16 heavy (non-hydrogen) atoms. The van der Waals surface area contributed by atoms with Crippen molar-refractivity contribution in [2.24, 2.45) is 0 Å². The molecule has 0 bridgehead atoms. The van der Waals surface area contributed by atoms with Crippen LogP contribution in [0.4, 0.5) is 0 Å². The molecule has 0 unspecified atom stereocenters. The second-order valence-corrected chi connectivity index (χ2v) is 5.85. The number of ether oxygens (including phenoxy) is 2. The van der Waals surface area contributed by atoms with Gasteiger partial charge in [-0.1, -0.05) is 15.9 Å². The minimum Gasteiger partial charge on any atom is -0.497 e. The minimum absolute atomic E-state index is 0.0387. The van der Waals surface area contributed by atoms with Gasteiger partial charge in [0.1, 0.15) is 11.5 Å². The molecule has 0 aromatic heterocycles. The quantitative estimate of drug-likeness (QED) is 0.630. The van der Waals surface area contributed by atoms with Crippen molar-refractivity contribution in [3.63, 3.8) is 0 Å². The lowest BCUT2D eigenvalue weighted by Crippen LogP contribution is -2.24. The molecule has 0 aliphatic rings. The molecule has 0 heterocycles. The highest BCUT2D eigenvalue weighted by Crippen LogP contribution is 2.30. The van der Waals surface area contributed by atoms with Crippen LogP contribution in [0.5, 0.6) is 11.5 Å². The molecule has 0 saturated carbocycles. The molecule has 0 N–H and O–H groups in total. The zero-order valence-electron chi connectivity index (χ0n) is 9.83. The largest absolute Gasteiger partial charge is 0.497 e. The SMILES string of the molecule is COc1ccc(OC)c(C(=O)C(C)(C)Br)c1. The van der Waals surface area contributed by atoms with Crippen molar-refractivity contribution in [1.82, 2.24) is 0 Å². The van der Waals surface area contributed by atoms with E-state index in [0.29, 0.717) is 17.1 Å². The van der Waals surface area contributed by atoms with Crippen LogP contribution in [0.15, 0.2) is 18.2 Å². The van der Waals surface area contributed by atoms with Crippen molar-refractivity contribution in [2.45, 2.75) is 18.2 Å². The Morgan fingerprint density at radius 2 is 1.88 bits per heavy atom. The Hall–Kier alpha value is -1.03. The molecule has 0 amide bonds. The maximum atomic E-state index is 12.1. The Kier molecular flexibility index (Phi) is 3.97. The average molecular weight is 287 g/mol. The lowest BCUT2D eigenvalue weighted by Gasteiger charge is -2.17. The van der Waals surface area contributed by atoms with Gasteiger partial charge in [0.15, 0.2) is 5.78 Å². The average Bonchev–Trinajstić information content (AvgIpc) is 2.25. The van der Waals surface area contributed by atoms with E-state index in [4.69, 9.17) is 9.47 Å². The van der Waals surface area contributed by atoms with Gasteiger partial charge in [-0.15, -0.1) is 0 Å². The zero-order valence-corrected chi connectivity index (χ0v) is 11.4. The predicted molar refractivity (Wildman–Crippen MR) is 66.9 cm³/mol. The van der Waals surface area contributed by atoms with E-state index in [1.54, 1.807) is 46.3 Å². The maximum Gasteiger partial charge on any atom is 0.182 e. The summed E-state index contributed by atoms with van der Waals surface area (Å²) >= 11 is 3.34. The first-order valence-electron chi connectivity index (χ1n) is 4.86. The predicted octanol–water partition coefficient (Wildman–Crippen LogP) is 3.06. The zero-order chi connectivity index (χ0) is 12.3. The van der Waals surface area contributed by atoms with E-state index >= 15 is 0 Å². The molecule has 0 radical (unpaired) electrons. The molecule has 4 heteroatoms. The lowest BCUT2D eigenvalue weighted by molar-refractivity contribution is 0.0958. The molecular weight excluding hydrogens is 272 g/mol. The molecule has 0 saturated heterocycles. The molecule has 0 aliphatic carbocycles. The van der Waals surface area contributed by atoms with E-state index in [0.717, 1.165) is 0 Å². The Morgan fingerprint density at radius 3 is 2.31 bits per heavy atom. The number of halogens is 1. The van der Waals surface area contributed by atoms with E-state index in [9.17, 15) is 4.79 Å². The molecule has 0 spiro atoms. The summed E-state index contributed by atoms with van der Waals surface area (Å²) in [5.41, 5.74) is 0.517. The summed E-state index contributed by atoms with van der Waals surface area (Å²) in [4.78, 5) is 12.1. The number of rotatable bonds is 4. The number of ketones is 1. The van der Waals surface area contributed by atoms with Gasteiger partial charge in [-0.3, -0.25) is 4.79 Å². The number of alkyl halides is 1. The van der Waals surface area contributed by atoms with Crippen LogP contribution >= 0.6 is 15.9 Å². The number of carbonyl (C=O) groups excluding carboxylic acids is 1. The van der Waals surface area contributed by atoms with Crippen molar-refractivity contribution in [1.29, 1.82) is 0 Å². The summed E-state index contributed by atoms with van der Waals surface area (Å²) in [5, 5.41) is 0. The number of carbonyl (C=O) groups is 1. The number of methoxy groups -OCH3 is 2. The van der Waals surface area contributed by atoms with Crippen molar-refractivity contribution in [3.05, 3.63) is 23.8 Å². The molecule has 1 rings (SSSR count). The Bertz CT molecular complexity index is 394. The van der Waals surface area contributed by atoms with Crippen molar-refractivity contribution in [3.8, 4) is 11.5 Å². The summed E-state index contributed by atoms with van der Waals surface area (Å²) in [6.07, 6.45) is 0. The lowest BCUT2D eigenvalue weighted by atomic mass is 10.00. The fraction of sp³-hybridized carbons (Fsp3) is 0.417. The molecule has 0 fully saturated rings. The molecule has 0 atom stereocenters. The van der Waals surface area contributed by atoms with Crippen LogP contribution in [-0.4, -0.2) is 24.3 Å². The third kappa shape index (κ3) is 2.76. The van der Waals surface area contributed by atoms with Crippen LogP contribution in [0.3, 0.4) is 0 Å². The number of Topliss-reactive ketones (excluding diaryl/α,β-unsaturated/α-hetero) is 1. The first-order chi connectivity index (χ1) is 7.40. The summed E-state index contributed by atoms with van der Waals surface area (Å²) in [7, 11) is 3.11. The van der Waals surface area contributed by atoms with Crippen LogP contribution < -0.4 is 9.47 Å². The molecule has 3 nitrogen and oxygen atoms in total. The molecule has 1 aromatic rings. The van der Waals surface area contributed by atoms with Crippen LogP contribution in [0, 0.1) is 0 Å². The molecular formula is C12H15BrO3. The van der Waals surface area contributed by atoms with Crippen LogP contribution in [-0.2, 0) is 0 Å². The van der Waals surface area contributed by atoms with Crippen LogP contribution in [0.25, 0.3) is 0 Å². The van der Waals surface area contributed by atoms with Gasteiger partial charge in [0.05, 0.1) is 24.1 Å². The second kappa shape index (κ2) is 4.87. The number of benzene rings is 1. The fourth-order valence-electron chi connectivity index (χ4n) is 1.31. The highest BCUT2D eigenvalue weighted by Gasteiger charge is 2.27. The third-order valence-electron chi connectivity index (χ3n) is 2.19. The van der Waals surface area contributed by atoms with Gasteiger partial charge in [-0.25, -0.2) is 0 Å². The smallest absolute Gasteiger partial charge is 0.182 e. The Balaban J connectivity index is 3.24. The normalized spacial score (nSPS) is 11.1. The molecule has 1 aromatic carbocycles. The summed E-state index contributed by atoms with van der Waals surface area (Å²) in [6, 6.07) is 5.17. The topological polar surface area (TPSA) is 35.5 Å². The van der Waals surface area contributed by atoms with Crippen LogP contribution in [0.2, 0.25) is 0 Å². The summed E-state index contributed by atoms with van der Waals surface area (Å²) in [5.74, 6) is 1.16. The number of hydrogen-bond acceptors (Lipinski definition) is 3. The third-order valence-corrected chi connectivity index (χ3v) is 2.55. The fourth-order valence-corrected chi connectivity index (χ4v) is 1.53. The van der Waals surface area contributed by atoms with Gasteiger partial charge in [-0.2, -0.15) is 0 Å². The van der Waals surface area contributed by atoms with Crippen molar-refractivity contribution >= 4 is 21.7 Å². The molecule has 0 aliphatic heterocycles. The van der Waals surface area contributed by atoms with Crippen LogP contribution in [0.1, 0.15) is 24.2 Å². The Morgan fingerprint density at radius 1 is 1.25 bits per heavy atom. The monoisotopic (exact) mass is 286 g/mol. The Labute approximate surface area is 104 Å². The van der Waals surface area contributed by atoms with E-state index in [1.165, 1.54) is 0 Å². The first kappa shape index (κ1) is 13.0. The van der Waals surface area contributed by atoms with Gasteiger partial charge in [0.2, 0.25) is 0 Å². The highest BCUT2D eigenvalue weighted by molar-refractivity contribution is 9.10. The minimum atomic E-state index is -0.618. The van der Waals surface area contributed by atoms with Gasteiger partial charge in [0.25, 0.3) is 0 Å². The van der Waals surface area contributed by atoms with Gasteiger partial charge in [-0.05, 0) is 32.0 Å². The van der Waals surface area contributed by atoms with Gasteiger partial charge in [0, 0.05) is 0 Å². The second-order valence-electron chi connectivity index (χ2n) is 3.87. The molecule has 88 valence electrons. The van der Waals surface area contributed by atoms with Gasteiger partial charge < -0.3 is 9.47 Å². The standard InChI is InChI=1S/C12H15BrO3/c1-12(2,13)11(14)9-7-8(15-3)5-6-10(9)16-4/h5-7H,1-4H3. The van der Waals surface area contributed by atoms with E-state index in [2.05, 4.69) is 15.9 Å². The first-order valence-corrected chi connectivity index (χ1v) is 5.65. The van der Waals surface area contributed by atoms with E-state index < -0.39 is 4.32 Å². The van der Waals surface area contributed by atoms with E-state index in [-0.39, 0.29) is 5.78 Å². The summed E-state index contributed by atoms with van der Waals surface area (Å²) in [6.45, 7) is 3.60. The van der Waals surface area contributed by atoms with E-state index in [1.807, 2.05) is 0 Å². The maximum absolute atomic E-state index is 12.1. The number of hydrogen-bond donors (Lipinski definition) is 0. The van der Waals surface area contributed by atoms with Gasteiger partial charge >= 0.3 is 0 Å². The summed E-state index contributed by atoms with van der Waals surface area (Å²) < 4.78 is 9.64. The van der Waals surface area contributed by atoms with Crippen molar-refractivity contribution < 1.29 is 14.3 Å². The highest BCUT2D eigenvalue weighted by atomic mass is 79.9.